The summed E-state index contributed by atoms with van der Waals surface area (Å²) in [6.07, 6.45) is 0. The predicted octanol–water partition coefficient (Wildman–Crippen LogP) is 4.48. The van der Waals surface area contributed by atoms with Crippen molar-refractivity contribution in [2.75, 3.05) is 0 Å². The van der Waals surface area contributed by atoms with Crippen LogP contribution in [0.25, 0.3) is 5.69 Å². The summed E-state index contributed by atoms with van der Waals surface area (Å²) in [7, 11) is 0. The number of aromatic carboxylic acids is 1. The summed E-state index contributed by atoms with van der Waals surface area (Å²) in [5, 5.41) is 14.3. The number of carboxylic acid groups (broad SMARTS) is 1. The fraction of sp³-hybridized carbons (Fsp3) is 0.333. The number of benzene rings is 1. The fourth-order valence-electron chi connectivity index (χ4n) is 2.41. The largest absolute Gasteiger partial charge is 0.476 e. The zero-order chi connectivity index (χ0) is 15.9. The van der Waals surface area contributed by atoms with Crippen molar-refractivity contribution in [3.63, 3.8) is 0 Å². The van der Waals surface area contributed by atoms with Crippen LogP contribution in [-0.4, -0.2) is 20.9 Å². The number of carbonyl (C=O) groups is 1. The van der Waals surface area contributed by atoms with Gasteiger partial charge in [-0.2, -0.15) is 5.10 Å². The number of halogens is 2. The lowest BCUT2D eigenvalue weighted by Crippen LogP contribution is -2.19. The molecule has 0 aliphatic heterocycles. The quantitative estimate of drug-likeness (QED) is 0.884. The van der Waals surface area contributed by atoms with Gasteiger partial charge in [-0.1, -0.05) is 50.0 Å². The topological polar surface area (TPSA) is 55.1 Å². The van der Waals surface area contributed by atoms with Crippen LogP contribution in [0.15, 0.2) is 18.2 Å². The molecule has 0 amide bonds. The third-order valence-electron chi connectivity index (χ3n) is 3.19. The monoisotopic (exact) mass is 326 g/mol. The number of carboxylic acids is 1. The van der Waals surface area contributed by atoms with E-state index in [9.17, 15) is 9.90 Å². The van der Waals surface area contributed by atoms with Crippen LogP contribution in [0.5, 0.6) is 0 Å². The molecule has 0 fully saturated rings. The number of aromatic nitrogens is 2. The maximum Gasteiger partial charge on any atom is 0.356 e. The Kier molecular flexibility index (Phi) is 4.04. The van der Waals surface area contributed by atoms with Crippen molar-refractivity contribution in [1.29, 1.82) is 0 Å². The molecule has 2 rings (SSSR count). The molecule has 0 unspecified atom stereocenters. The number of hydrogen-bond acceptors (Lipinski definition) is 2. The highest BCUT2D eigenvalue weighted by Gasteiger charge is 2.29. The molecule has 1 N–H and O–H groups in total. The number of nitrogens with zero attached hydrogens (tertiary/aromatic N) is 2. The van der Waals surface area contributed by atoms with Gasteiger partial charge >= 0.3 is 5.97 Å². The average Bonchev–Trinajstić information content (AvgIpc) is 2.70. The van der Waals surface area contributed by atoms with E-state index in [2.05, 4.69) is 5.10 Å². The Morgan fingerprint density at radius 1 is 1.29 bits per heavy atom. The van der Waals surface area contributed by atoms with Crippen molar-refractivity contribution in [2.24, 2.45) is 0 Å². The molecule has 6 heteroatoms. The minimum atomic E-state index is -1.06. The van der Waals surface area contributed by atoms with Crippen molar-refractivity contribution < 1.29 is 9.90 Å². The van der Waals surface area contributed by atoms with Crippen LogP contribution in [-0.2, 0) is 5.41 Å². The average molecular weight is 327 g/mol. The van der Waals surface area contributed by atoms with E-state index >= 15 is 0 Å². The Hall–Kier alpha value is -1.52. The Labute approximate surface area is 133 Å². The molecule has 21 heavy (non-hydrogen) atoms. The summed E-state index contributed by atoms with van der Waals surface area (Å²) in [6.45, 7) is 7.75. The molecule has 0 spiro atoms. The maximum absolute atomic E-state index is 11.4. The van der Waals surface area contributed by atoms with Crippen LogP contribution in [0.4, 0.5) is 0 Å². The van der Waals surface area contributed by atoms with Crippen molar-refractivity contribution in [2.45, 2.75) is 33.1 Å². The third kappa shape index (κ3) is 2.78. The van der Waals surface area contributed by atoms with Gasteiger partial charge in [0.2, 0.25) is 0 Å². The highest BCUT2D eigenvalue weighted by Crippen LogP contribution is 2.34. The summed E-state index contributed by atoms with van der Waals surface area (Å²) in [5.41, 5.74) is 1.73. The van der Waals surface area contributed by atoms with E-state index < -0.39 is 5.97 Å². The van der Waals surface area contributed by atoms with Crippen LogP contribution in [0.3, 0.4) is 0 Å². The predicted molar refractivity (Wildman–Crippen MR) is 84.0 cm³/mol. The molecule has 0 aliphatic carbocycles. The van der Waals surface area contributed by atoms with Crippen LogP contribution < -0.4 is 0 Å². The molecule has 1 aromatic carbocycles. The van der Waals surface area contributed by atoms with E-state index in [0.29, 0.717) is 21.3 Å². The molecule has 1 heterocycles. The van der Waals surface area contributed by atoms with E-state index in [-0.39, 0.29) is 11.1 Å². The fourth-order valence-corrected chi connectivity index (χ4v) is 2.79. The van der Waals surface area contributed by atoms with Gasteiger partial charge in [0.1, 0.15) is 0 Å². The lowest BCUT2D eigenvalue weighted by Gasteiger charge is -2.22. The summed E-state index contributed by atoms with van der Waals surface area (Å²) in [5.74, 6) is -1.06. The van der Waals surface area contributed by atoms with Gasteiger partial charge < -0.3 is 5.11 Å². The molecule has 0 saturated carbocycles. The van der Waals surface area contributed by atoms with Gasteiger partial charge in [-0.15, -0.1) is 0 Å². The van der Waals surface area contributed by atoms with Crippen molar-refractivity contribution in [3.05, 3.63) is 45.2 Å². The molecular weight excluding hydrogens is 311 g/mol. The van der Waals surface area contributed by atoms with Gasteiger partial charge in [0, 0.05) is 11.0 Å². The first-order valence-electron chi connectivity index (χ1n) is 6.42. The first-order valence-corrected chi connectivity index (χ1v) is 7.18. The summed E-state index contributed by atoms with van der Waals surface area (Å²) in [6, 6.07) is 5.20. The van der Waals surface area contributed by atoms with Crippen LogP contribution in [0, 0.1) is 6.92 Å². The Morgan fingerprint density at radius 3 is 2.43 bits per heavy atom. The number of rotatable bonds is 2. The molecule has 0 bridgehead atoms. The first-order chi connectivity index (χ1) is 9.64. The highest BCUT2D eigenvalue weighted by molar-refractivity contribution is 6.43. The van der Waals surface area contributed by atoms with Gasteiger partial charge in [-0.25, -0.2) is 9.48 Å². The van der Waals surface area contributed by atoms with Gasteiger partial charge in [0.05, 0.1) is 21.4 Å². The summed E-state index contributed by atoms with van der Waals surface area (Å²) >= 11 is 12.3. The van der Waals surface area contributed by atoms with Crippen molar-refractivity contribution in [1.82, 2.24) is 9.78 Å². The molecule has 0 atom stereocenters. The Bertz CT molecular complexity index is 715. The van der Waals surface area contributed by atoms with Crippen LogP contribution in [0.2, 0.25) is 10.0 Å². The molecule has 0 aliphatic rings. The minimum absolute atomic E-state index is 0.0240. The highest BCUT2D eigenvalue weighted by atomic mass is 35.5. The SMILES string of the molecule is Cc1c(C(=O)O)nn(-c2cccc(Cl)c2Cl)c1C(C)(C)C. The first kappa shape index (κ1) is 15.9. The van der Waals surface area contributed by atoms with Gasteiger partial charge in [0.15, 0.2) is 5.69 Å². The Morgan fingerprint density at radius 2 is 1.90 bits per heavy atom. The minimum Gasteiger partial charge on any atom is -0.476 e. The van der Waals surface area contributed by atoms with Crippen molar-refractivity contribution in [3.8, 4) is 5.69 Å². The second-order valence-electron chi connectivity index (χ2n) is 5.86. The van der Waals surface area contributed by atoms with E-state index in [4.69, 9.17) is 23.2 Å². The van der Waals surface area contributed by atoms with Gasteiger partial charge in [-0.05, 0) is 19.1 Å². The smallest absolute Gasteiger partial charge is 0.356 e. The lowest BCUT2D eigenvalue weighted by atomic mass is 9.88. The molecule has 112 valence electrons. The van der Waals surface area contributed by atoms with E-state index in [1.807, 2.05) is 20.8 Å². The second-order valence-corrected chi connectivity index (χ2v) is 6.65. The molecule has 4 nitrogen and oxygen atoms in total. The molecule has 0 saturated heterocycles. The maximum atomic E-state index is 11.4. The van der Waals surface area contributed by atoms with Gasteiger partial charge in [0.25, 0.3) is 0 Å². The molecular formula is C15H16Cl2N2O2. The second kappa shape index (κ2) is 5.35. The van der Waals surface area contributed by atoms with E-state index in [0.717, 1.165) is 5.69 Å². The standard InChI is InChI=1S/C15H16Cl2N2O2/c1-8-12(14(20)21)18-19(13(8)15(2,3)4)10-7-5-6-9(16)11(10)17/h5-7H,1-4H3,(H,20,21). The number of hydrogen-bond donors (Lipinski definition) is 1. The lowest BCUT2D eigenvalue weighted by molar-refractivity contribution is 0.0689. The van der Waals surface area contributed by atoms with Gasteiger partial charge in [-0.3, -0.25) is 0 Å². The van der Waals surface area contributed by atoms with E-state index in [1.54, 1.807) is 29.8 Å². The molecule has 2 aromatic rings. The molecule has 1 aromatic heterocycles. The third-order valence-corrected chi connectivity index (χ3v) is 4.00. The summed E-state index contributed by atoms with van der Waals surface area (Å²) in [4.78, 5) is 11.4. The van der Waals surface area contributed by atoms with E-state index in [1.165, 1.54) is 0 Å². The molecule has 0 radical (unpaired) electrons. The zero-order valence-electron chi connectivity index (χ0n) is 12.2. The van der Waals surface area contributed by atoms with Crippen molar-refractivity contribution >= 4 is 29.2 Å². The van der Waals surface area contributed by atoms with Crippen LogP contribution in [0.1, 0.15) is 42.5 Å². The normalized spacial score (nSPS) is 11.7. The zero-order valence-corrected chi connectivity index (χ0v) is 13.7. The van der Waals surface area contributed by atoms with Crippen LogP contribution >= 0.6 is 23.2 Å². The summed E-state index contributed by atoms with van der Waals surface area (Å²) < 4.78 is 1.58. The Balaban J connectivity index is 2.83.